The maximum Gasteiger partial charge on any atom is 0.142 e. The number of pyridine rings is 1. The maximum absolute atomic E-state index is 5.31. The molecule has 3 N–H and O–H groups in total. The molecule has 0 unspecified atom stereocenters. The molecule has 1 aromatic heterocycles. The van der Waals surface area contributed by atoms with Crippen LogP contribution >= 0.6 is 0 Å². The van der Waals surface area contributed by atoms with E-state index in [0.717, 1.165) is 12.4 Å². The van der Waals surface area contributed by atoms with E-state index in [0.29, 0.717) is 11.9 Å². The third-order valence-electron chi connectivity index (χ3n) is 2.14. The monoisotopic (exact) mass is 194 g/mol. The Labute approximate surface area is 85.1 Å². The second-order valence-electron chi connectivity index (χ2n) is 3.41. The van der Waals surface area contributed by atoms with Crippen LogP contribution in [0.3, 0.4) is 0 Å². The second-order valence-corrected chi connectivity index (χ2v) is 3.41. The first-order valence-electron chi connectivity index (χ1n) is 4.89. The van der Waals surface area contributed by atoms with E-state index < -0.39 is 0 Å². The Bertz CT molecular complexity index is 285. The Morgan fingerprint density at radius 2 is 2.21 bits per heavy atom. The molecular formula is C10H18N4. The molecule has 4 heteroatoms. The fourth-order valence-corrected chi connectivity index (χ4v) is 1.46. The molecule has 78 valence electrons. The van der Waals surface area contributed by atoms with Crippen LogP contribution in [0.2, 0.25) is 0 Å². The quantitative estimate of drug-likeness (QED) is 0.564. The number of anilines is 2. The summed E-state index contributed by atoms with van der Waals surface area (Å²) in [5, 5.41) is 0. The smallest absolute Gasteiger partial charge is 0.142 e. The molecule has 0 aliphatic heterocycles. The van der Waals surface area contributed by atoms with Crippen LogP contribution in [0, 0.1) is 0 Å². The molecule has 0 aliphatic carbocycles. The molecule has 0 saturated heterocycles. The van der Waals surface area contributed by atoms with Gasteiger partial charge >= 0.3 is 0 Å². The Hall–Kier alpha value is -1.29. The lowest BCUT2D eigenvalue weighted by molar-refractivity contribution is 0.694. The Morgan fingerprint density at radius 1 is 1.50 bits per heavy atom. The zero-order chi connectivity index (χ0) is 10.6. The summed E-state index contributed by atoms with van der Waals surface area (Å²) in [7, 11) is 0. The molecule has 4 nitrogen and oxygen atoms in total. The number of hydrogen-bond donors (Lipinski definition) is 2. The predicted molar refractivity (Wildman–Crippen MR) is 60.2 cm³/mol. The normalized spacial score (nSPS) is 10.4. The van der Waals surface area contributed by atoms with Gasteiger partial charge < -0.3 is 10.3 Å². The van der Waals surface area contributed by atoms with Crippen molar-refractivity contribution in [2.45, 2.75) is 26.8 Å². The van der Waals surface area contributed by atoms with Crippen molar-refractivity contribution in [2.75, 3.05) is 16.9 Å². The van der Waals surface area contributed by atoms with Crippen molar-refractivity contribution < 1.29 is 0 Å². The molecule has 0 bridgehead atoms. The van der Waals surface area contributed by atoms with E-state index in [2.05, 4.69) is 36.1 Å². The van der Waals surface area contributed by atoms with Gasteiger partial charge in [0.2, 0.25) is 0 Å². The average Bonchev–Trinajstić information content (AvgIpc) is 2.19. The summed E-state index contributed by atoms with van der Waals surface area (Å²) >= 11 is 0. The number of aromatic nitrogens is 1. The lowest BCUT2D eigenvalue weighted by Gasteiger charge is -2.26. The minimum Gasteiger partial charge on any atom is -0.354 e. The minimum atomic E-state index is 0.445. The van der Waals surface area contributed by atoms with Crippen LogP contribution in [0.4, 0.5) is 11.6 Å². The SMILES string of the molecule is CCN(c1cccc(NN)n1)C(C)C. The number of nitrogens with one attached hydrogen (secondary N) is 1. The van der Waals surface area contributed by atoms with Gasteiger partial charge in [0.15, 0.2) is 0 Å². The van der Waals surface area contributed by atoms with E-state index in [1.807, 2.05) is 18.2 Å². The molecule has 1 heterocycles. The summed E-state index contributed by atoms with van der Waals surface area (Å²) in [6, 6.07) is 6.23. The molecule has 1 aromatic rings. The molecule has 0 saturated carbocycles. The number of hydrazine groups is 1. The fraction of sp³-hybridized carbons (Fsp3) is 0.500. The number of rotatable bonds is 4. The molecule has 14 heavy (non-hydrogen) atoms. The summed E-state index contributed by atoms with van der Waals surface area (Å²) in [5.41, 5.74) is 2.55. The van der Waals surface area contributed by atoms with Crippen molar-refractivity contribution in [1.29, 1.82) is 0 Å². The zero-order valence-electron chi connectivity index (χ0n) is 8.99. The molecule has 0 spiro atoms. The van der Waals surface area contributed by atoms with Crippen molar-refractivity contribution in [3.8, 4) is 0 Å². The molecule has 0 amide bonds. The molecule has 1 rings (SSSR count). The zero-order valence-corrected chi connectivity index (χ0v) is 8.99. The van der Waals surface area contributed by atoms with E-state index in [-0.39, 0.29) is 0 Å². The Kier molecular flexibility index (Phi) is 3.71. The Morgan fingerprint density at radius 3 is 2.71 bits per heavy atom. The lowest BCUT2D eigenvalue weighted by Crippen LogP contribution is -2.31. The second kappa shape index (κ2) is 4.81. The summed E-state index contributed by atoms with van der Waals surface area (Å²) in [6.07, 6.45) is 0. The van der Waals surface area contributed by atoms with Crippen LogP contribution in [-0.2, 0) is 0 Å². The summed E-state index contributed by atoms with van der Waals surface area (Å²) < 4.78 is 0. The summed E-state index contributed by atoms with van der Waals surface area (Å²) in [5.74, 6) is 6.96. The van der Waals surface area contributed by atoms with Gasteiger partial charge in [0, 0.05) is 12.6 Å². The lowest BCUT2D eigenvalue weighted by atomic mass is 10.3. The minimum absolute atomic E-state index is 0.445. The van der Waals surface area contributed by atoms with Gasteiger partial charge in [-0.05, 0) is 32.9 Å². The van der Waals surface area contributed by atoms with Gasteiger partial charge in [-0.1, -0.05) is 6.07 Å². The highest BCUT2D eigenvalue weighted by Crippen LogP contribution is 2.15. The van der Waals surface area contributed by atoms with E-state index >= 15 is 0 Å². The molecule has 0 radical (unpaired) electrons. The van der Waals surface area contributed by atoms with Crippen molar-refractivity contribution in [2.24, 2.45) is 5.84 Å². The standard InChI is InChI=1S/C10H18N4/c1-4-14(8(2)3)10-7-5-6-9(12-10)13-11/h5-8H,4,11H2,1-3H3,(H,12,13). The number of nitrogen functional groups attached to an aromatic ring is 1. The topological polar surface area (TPSA) is 54.2 Å². The highest BCUT2D eigenvalue weighted by molar-refractivity contribution is 5.46. The molecule has 0 atom stereocenters. The highest BCUT2D eigenvalue weighted by atomic mass is 15.3. The Balaban J connectivity index is 2.92. The van der Waals surface area contributed by atoms with Crippen LogP contribution in [-0.4, -0.2) is 17.6 Å². The van der Waals surface area contributed by atoms with E-state index in [1.165, 1.54) is 0 Å². The predicted octanol–water partition coefficient (Wildman–Crippen LogP) is 1.60. The maximum atomic E-state index is 5.31. The van der Waals surface area contributed by atoms with Crippen molar-refractivity contribution >= 4 is 11.6 Å². The van der Waals surface area contributed by atoms with Crippen molar-refractivity contribution in [1.82, 2.24) is 4.98 Å². The van der Waals surface area contributed by atoms with Gasteiger partial charge in [0.1, 0.15) is 11.6 Å². The average molecular weight is 194 g/mol. The first-order chi connectivity index (χ1) is 6.69. The van der Waals surface area contributed by atoms with Crippen LogP contribution in [0.1, 0.15) is 20.8 Å². The number of hydrogen-bond acceptors (Lipinski definition) is 4. The molecule has 0 aromatic carbocycles. The van der Waals surface area contributed by atoms with Crippen LogP contribution in [0.25, 0.3) is 0 Å². The van der Waals surface area contributed by atoms with Crippen molar-refractivity contribution in [3.63, 3.8) is 0 Å². The third kappa shape index (κ3) is 2.35. The molecule has 0 aliphatic rings. The summed E-state index contributed by atoms with van der Waals surface area (Å²) in [4.78, 5) is 6.58. The van der Waals surface area contributed by atoms with Crippen LogP contribution in [0.5, 0.6) is 0 Å². The fourth-order valence-electron chi connectivity index (χ4n) is 1.46. The van der Waals surface area contributed by atoms with Crippen molar-refractivity contribution in [3.05, 3.63) is 18.2 Å². The van der Waals surface area contributed by atoms with Gasteiger partial charge in [-0.25, -0.2) is 10.8 Å². The van der Waals surface area contributed by atoms with Gasteiger partial charge in [-0.2, -0.15) is 0 Å². The molecular weight excluding hydrogens is 176 g/mol. The number of nitrogens with zero attached hydrogens (tertiary/aromatic N) is 2. The first kappa shape index (κ1) is 10.8. The van der Waals surface area contributed by atoms with Gasteiger partial charge in [-0.3, -0.25) is 0 Å². The van der Waals surface area contributed by atoms with Gasteiger partial charge in [-0.15, -0.1) is 0 Å². The largest absolute Gasteiger partial charge is 0.354 e. The summed E-state index contributed by atoms with van der Waals surface area (Å²) in [6.45, 7) is 7.35. The van der Waals surface area contributed by atoms with E-state index in [9.17, 15) is 0 Å². The van der Waals surface area contributed by atoms with E-state index in [4.69, 9.17) is 5.84 Å². The van der Waals surface area contributed by atoms with Crippen LogP contribution < -0.4 is 16.2 Å². The van der Waals surface area contributed by atoms with E-state index in [1.54, 1.807) is 0 Å². The van der Waals surface area contributed by atoms with Gasteiger partial charge in [0.25, 0.3) is 0 Å². The molecule has 0 fully saturated rings. The van der Waals surface area contributed by atoms with Gasteiger partial charge in [0.05, 0.1) is 0 Å². The first-order valence-corrected chi connectivity index (χ1v) is 4.89. The third-order valence-corrected chi connectivity index (χ3v) is 2.14. The number of nitrogens with two attached hydrogens (primary N) is 1. The highest BCUT2D eigenvalue weighted by Gasteiger charge is 2.09. The van der Waals surface area contributed by atoms with Crippen LogP contribution in [0.15, 0.2) is 18.2 Å².